The van der Waals surface area contributed by atoms with Crippen LogP contribution in [-0.2, 0) is 6.54 Å². The summed E-state index contributed by atoms with van der Waals surface area (Å²) in [6.45, 7) is 0.0822. The Kier molecular flexibility index (Phi) is 2.46. The van der Waals surface area contributed by atoms with Gasteiger partial charge in [0, 0.05) is 12.1 Å². The zero-order valence-corrected chi connectivity index (χ0v) is 7.23. The number of nitrogens with two attached hydrogens (primary N) is 1. The first kappa shape index (κ1) is 8.49. The van der Waals surface area contributed by atoms with Crippen molar-refractivity contribution in [2.45, 2.75) is 6.54 Å². The molecule has 1 rings (SSSR count). The first-order chi connectivity index (χ1) is 5.15. The van der Waals surface area contributed by atoms with E-state index < -0.39 is 5.82 Å². The number of rotatable bonds is 1. The number of hydrogen-bond donors (Lipinski definition) is 2. The van der Waals surface area contributed by atoms with Crippen LogP contribution in [0.5, 0.6) is 5.75 Å². The first-order valence-electron chi connectivity index (χ1n) is 3.02. The van der Waals surface area contributed by atoms with E-state index in [1.54, 1.807) is 0 Å². The van der Waals surface area contributed by atoms with Gasteiger partial charge < -0.3 is 10.8 Å². The second kappa shape index (κ2) is 3.19. The molecule has 0 bridgehead atoms. The van der Waals surface area contributed by atoms with E-state index in [2.05, 4.69) is 15.9 Å². The van der Waals surface area contributed by atoms with Crippen molar-refractivity contribution >= 4 is 15.9 Å². The molecule has 0 radical (unpaired) electrons. The van der Waals surface area contributed by atoms with Crippen LogP contribution in [0.2, 0.25) is 0 Å². The Balaban J connectivity index is 3.24. The highest BCUT2D eigenvalue weighted by Gasteiger charge is 2.06. The minimum atomic E-state index is -0.412. The van der Waals surface area contributed by atoms with Crippen molar-refractivity contribution in [1.29, 1.82) is 0 Å². The third-order valence-electron chi connectivity index (χ3n) is 1.31. The normalized spacial score (nSPS) is 10.1. The lowest BCUT2D eigenvalue weighted by Gasteiger charge is -2.02. The van der Waals surface area contributed by atoms with Gasteiger partial charge in [-0.1, -0.05) is 0 Å². The SMILES string of the molecule is NCc1cc(O)cc(Br)c1F. The molecule has 0 aliphatic rings. The highest BCUT2D eigenvalue weighted by atomic mass is 79.9. The lowest BCUT2D eigenvalue weighted by atomic mass is 10.2. The molecular formula is C7H7BrFNO. The van der Waals surface area contributed by atoms with Gasteiger partial charge in [0.25, 0.3) is 0 Å². The van der Waals surface area contributed by atoms with E-state index in [1.165, 1.54) is 12.1 Å². The second-order valence-electron chi connectivity index (χ2n) is 2.10. The maximum absolute atomic E-state index is 12.9. The van der Waals surface area contributed by atoms with Crippen molar-refractivity contribution in [3.8, 4) is 5.75 Å². The quantitative estimate of drug-likeness (QED) is 0.757. The van der Waals surface area contributed by atoms with Crippen molar-refractivity contribution in [1.82, 2.24) is 0 Å². The minimum absolute atomic E-state index is 0.0127. The van der Waals surface area contributed by atoms with Crippen LogP contribution in [0, 0.1) is 5.82 Å². The van der Waals surface area contributed by atoms with Crippen LogP contribution in [0.1, 0.15) is 5.56 Å². The summed E-state index contributed by atoms with van der Waals surface area (Å²) >= 11 is 2.95. The summed E-state index contributed by atoms with van der Waals surface area (Å²) in [6.07, 6.45) is 0. The average molecular weight is 220 g/mol. The topological polar surface area (TPSA) is 46.2 Å². The van der Waals surface area contributed by atoms with Crippen molar-refractivity contribution in [3.05, 3.63) is 28.0 Å². The molecule has 0 aliphatic heterocycles. The lowest BCUT2D eigenvalue weighted by molar-refractivity contribution is 0.470. The predicted octanol–water partition coefficient (Wildman–Crippen LogP) is 1.75. The maximum Gasteiger partial charge on any atom is 0.142 e. The summed E-state index contributed by atoms with van der Waals surface area (Å²) in [4.78, 5) is 0. The molecule has 0 fully saturated rings. The van der Waals surface area contributed by atoms with Crippen LogP contribution in [0.4, 0.5) is 4.39 Å². The summed E-state index contributed by atoms with van der Waals surface area (Å²) in [7, 11) is 0. The Labute approximate surface area is 72.0 Å². The first-order valence-corrected chi connectivity index (χ1v) is 3.81. The molecule has 0 heterocycles. The van der Waals surface area contributed by atoms with Crippen LogP contribution < -0.4 is 5.73 Å². The molecule has 0 spiro atoms. The van der Waals surface area contributed by atoms with Crippen molar-refractivity contribution in [2.75, 3.05) is 0 Å². The van der Waals surface area contributed by atoms with Crippen LogP contribution >= 0.6 is 15.9 Å². The molecule has 4 heteroatoms. The third kappa shape index (κ3) is 1.70. The molecular weight excluding hydrogens is 213 g/mol. The van der Waals surface area contributed by atoms with Gasteiger partial charge >= 0.3 is 0 Å². The van der Waals surface area contributed by atoms with Crippen LogP contribution in [0.15, 0.2) is 16.6 Å². The minimum Gasteiger partial charge on any atom is -0.508 e. The van der Waals surface area contributed by atoms with Crippen molar-refractivity contribution < 1.29 is 9.50 Å². The fourth-order valence-electron chi connectivity index (χ4n) is 0.779. The lowest BCUT2D eigenvalue weighted by Crippen LogP contribution is -1.99. The fraction of sp³-hybridized carbons (Fsp3) is 0.143. The van der Waals surface area contributed by atoms with Crippen LogP contribution in [0.3, 0.4) is 0 Å². The van der Waals surface area contributed by atoms with E-state index in [1.807, 2.05) is 0 Å². The van der Waals surface area contributed by atoms with E-state index in [0.717, 1.165) is 0 Å². The second-order valence-corrected chi connectivity index (χ2v) is 2.96. The molecule has 0 atom stereocenters. The van der Waals surface area contributed by atoms with Gasteiger partial charge in [-0.25, -0.2) is 4.39 Å². The Morgan fingerprint density at radius 2 is 2.18 bits per heavy atom. The predicted molar refractivity (Wildman–Crippen MR) is 43.7 cm³/mol. The molecule has 0 amide bonds. The Bertz CT molecular complexity index is 277. The van der Waals surface area contributed by atoms with E-state index in [0.29, 0.717) is 5.56 Å². The zero-order valence-electron chi connectivity index (χ0n) is 5.64. The van der Waals surface area contributed by atoms with Crippen LogP contribution in [-0.4, -0.2) is 5.11 Å². The van der Waals surface area contributed by atoms with Crippen LogP contribution in [0.25, 0.3) is 0 Å². The highest BCUT2D eigenvalue weighted by Crippen LogP contribution is 2.24. The van der Waals surface area contributed by atoms with E-state index in [-0.39, 0.29) is 16.8 Å². The molecule has 0 aliphatic carbocycles. The summed E-state index contributed by atoms with van der Waals surface area (Å²) in [6, 6.07) is 2.59. The molecule has 2 nitrogen and oxygen atoms in total. The number of phenolic OH excluding ortho intramolecular Hbond substituents is 1. The smallest absolute Gasteiger partial charge is 0.142 e. The van der Waals surface area contributed by atoms with Gasteiger partial charge in [0.1, 0.15) is 11.6 Å². The van der Waals surface area contributed by atoms with Gasteiger partial charge in [0.05, 0.1) is 4.47 Å². The molecule has 11 heavy (non-hydrogen) atoms. The van der Waals surface area contributed by atoms with E-state index in [9.17, 15) is 4.39 Å². The summed E-state index contributed by atoms with van der Waals surface area (Å²) in [5, 5.41) is 9.00. The molecule has 0 aromatic heterocycles. The summed E-state index contributed by atoms with van der Waals surface area (Å²) in [5.41, 5.74) is 5.52. The van der Waals surface area contributed by atoms with Gasteiger partial charge in [-0.05, 0) is 28.1 Å². The highest BCUT2D eigenvalue weighted by molar-refractivity contribution is 9.10. The van der Waals surface area contributed by atoms with Gasteiger partial charge in [0.2, 0.25) is 0 Å². The maximum atomic E-state index is 12.9. The molecule has 1 aromatic rings. The van der Waals surface area contributed by atoms with Crippen molar-refractivity contribution in [2.24, 2.45) is 5.73 Å². The number of benzene rings is 1. The molecule has 1 aromatic carbocycles. The van der Waals surface area contributed by atoms with E-state index in [4.69, 9.17) is 10.8 Å². The monoisotopic (exact) mass is 219 g/mol. The van der Waals surface area contributed by atoms with Gasteiger partial charge in [0.15, 0.2) is 0 Å². The van der Waals surface area contributed by atoms with E-state index >= 15 is 0 Å². The molecule has 3 N–H and O–H groups in total. The number of aromatic hydroxyl groups is 1. The fourth-order valence-corrected chi connectivity index (χ4v) is 1.27. The molecule has 0 unspecified atom stereocenters. The third-order valence-corrected chi connectivity index (χ3v) is 1.89. The van der Waals surface area contributed by atoms with Gasteiger partial charge in [-0.2, -0.15) is 0 Å². The number of phenols is 1. The molecule has 0 saturated carbocycles. The Hall–Kier alpha value is -0.610. The molecule has 0 saturated heterocycles. The largest absolute Gasteiger partial charge is 0.508 e. The Morgan fingerprint density at radius 1 is 1.55 bits per heavy atom. The Morgan fingerprint density at radius 3 is 2.73 bits per heavy atom. The van der Waals surface area contributed by atoms with Gasteiger partial charge in [-0.15, -0.1) is 0 Å². The standard InChI is InChI=1S/C7H7BrFNO/c8-6-2-5(11)1-4(3-10)7(6)9/h1-2,11H,3,10H2. The summed E-state index contributed by atoms with van der Waals surface area (Å²) < 4.78 is 13.2. The number of halogens is 2. The van der Waals surface area contributed by atoms with Gasteiger partial charge in [-0.3, -0.25) is 0 Å². The summed E-state index contributed by atoms with van der Waals surface area (Å²) in [5.74, 6) is -0.399. The zero-order chi connectivity index (χ0) is 8.43. The van der Waals surface area contributed by atoms with Crippen molar-refractivity contribution in [3.63, 3.8) is 0 Å². The number of hydrogen-bond acceptors (Lipinski definition) is 2. The average Bonchev–Trinajstić information content (AvgIpc) is 1.96. The molecule has 60 valence electrons.